The molecule has 1 amide bonds. The van der Waals surface area contributed by atoms with E-state index in [4.69, 9.17) is 0 Å². The second-order valence-electron chi connectivity index (χ2n) is 7.08. The van der Waals surface area contributed by atoms with Crippen molar-refractivity contribution in [2.24, 2.45) is 0 Å². The lowest BCUT2D eigenvalue weighted by molar-refractivity contribution is -0.122. The summed E-state index contributed by atoms with van der Waals surface area (Å²) in [5, 5.41) is 5.70. The molecule has 130 valence electrons. The van der Waals surface area contributed by atoms with Gasteiger partial charge in [0.25, 0.3) is 0 Å². The molecule has 0 bridgehead atoms. The zero-order chi connectivity index (χ0) is 17.5. The van der Waals surface area contributed by atoms with E-state index in [9.17, 15) is 4.79 Å². The van der Waals surface area contributed by atoms with Gasteiger partial charge in [-0.15, -0.1) is 0 Å². The van der Waals surface area contributed by atoms with Crippen LogP contribution in [0.4, 0.5) is 0 Å². The summed E-state index contributed by atoms with van der Waals surface area (Å²) in [5.74, 6) is 0.0582. The Hall–Kier alpha value is -3.01. The molecule has 1 unspecified atom stereocenters. The number of H-pyrrole nitrogens is 1. The van der Waals surface area contributed by atoms with Crippen LogP contribution in [0.3, 0.4) is 0 Å². The van der Waals surface area contributed by atoms with Crippen molar-refractivity contribution in [2.45, 2.75) is 31.8 Å². The van der Waals surface area contributed by atoms with Crippen molar-refractivity contribution in [1.82, 2.24) is 14.9 Å². The third kappa shape index (κ3) is 2.49. The largest absolute Gasteiger partial charge is 0.356 e. The molecule has 0 saturated carbocycles. The summed E-state index contributed by atoms with van der Waals surface area (Å²) in [5.41, 5.74) is 4.80. The highest BCUT2D eigenvalue weighted by atomic mass is 16.2. The molecule has 4 heteroatoms. The third-order valence-corrected chi connectivity index (χ3v) is 5.44. The van der Waals surface area contributed by atoms with Crippen LogP contribution in [-0.4, -0.2) is 15.5 Å². The molecule has 0 radical (unpaired) electrons. The summed E-state index contributed by atoms with van der Waals surface area (Å²) in [4.78, 5) is 16.2. The van der Waals surface area contributed by atoms with Crippen LogP contribution in [0.25, 0.3) is 21.8 Å². The molecule has 0 spiro atoms. The van der Waals surface area contributed by atoms with Crippen LogP contribution in [0.2, 0.25) is 0 Å². The van der Waals surface area contributed by atoms with Gasteiger partial charge in [0, 0.05) is 28.3 Å². The van der Waals surface area contributed by atoms with Gasteiger partial charge >= 0.3 is 0 Å². The van der Waals surface area contributed by atoms with Crippen molar-refractivity contribution in [1.29, 1.82) is 0 Å². The molecule has 1 aliphatic carbocycles. The Morgan fingerprint density at radius 2 is 1.96 bits per heavy atom. The molecule has 2 aromatic carbocycles. The van der Waals surface area contributed by atoms with Crippen LogP contribution >= 0.6 is 0 Å². The van der Waals surface area contributed by atoms with Gasteiger partial charge in [-0.3, -0.25) is 4.79 Å². The first-order valence-corrected chi connectivity index (χ1v) is 9.22. The van der Waals surface area contributed by atoms with E-state index in [0.717, 1.165) is 35.7 Å². The molecule has 2 aromatic heterocycles. The SMILES string of the molecule is O=C(Cn1ccc2ccccc21)NC1CCCc2c1[nH]c1ccccc21. The predicted molar refractivity (Wildman–Crippen MR) is 104 cm³/mol. The van der Waals surface area contributed by atoms with Crippen molar-refractivity contribution in [3.8, 4) is 0 Å². The van der Waals surface area contributed by atoms with E-state index in [1.165, 1.54) is 16.6 Å². The van der Waals surface area contributed by atoms with Crippen molar-refractivity contribution in [3.05, 3.63) is 72.1 Å². The van der Waals surface area contributed by atoms with Crippen LogP contribution < -0.4 is 5.32 Å². The second kappa shape index (κ2) is 6.06. The standard InChI is InChI=1S/C22H21N3O/c26-21(14-25-13-12-15-6-1-4-11-20(15)25)23-19-10-5-8-17-16-7-2-3-9-18(16)24-22(17)19/h1-4,6-7,9,11-13,19,24H,5,8,10,14H2,(H,23,26). The Morgan fingerprint density at radius 1 is 1.12 bits per heavy atom. The number of rotatable bonds is 3. The Balaban J connectivity index is 1.39. The molecular weight excluding hydrogens is 322 g/mol. The van der Waals surface area contributed by atoms with E-state index in [1.54, 1.807) is 0 Å². The number of fused-ring (bicyclic) bond motifs is 4. The number of nitrogens with zero attached hydrogens (tertiary/aromatic N) is 1. The van der Waals surface area contributed by atoms with Crippen LogP contribution in [0, 0.1) is 0 Å². The number of hydrogen-bond acceptors (Lipinski definition) is 1. The maximum absolute atomic E-state index is 12.7. The van der Waals surface area contributed by atoms with E-state index in [2.05, 4.69) is 52.8 Å². The monoisotopic (exact) mass is 343 g/mol. The minimum atomic E-state index is 0.0582. The Morgan fingerprint density at radius 3 is 2.92 bits per heavy atom. The molecule has 2 heterocycles. The summed E-state index contributed by atoms with van der Waals surface area (Å²) in [6.07, 6.45) is 5.15. The summed E-state index contributed by atoms with van der Waals surface area (Å²) >= 11 is 0. The molecule has 4 nitrogen and oxygen atoms in total. The quantitative estimate of drug-likeness (QED) is 0.572. The van der Waals surface area contributed by atoms with Gasteiger partial charge in [-0.05, 0) is 48.4 Å². The highest BCUT2D eigenvalue weighted by molar-refractivity contribution is 5.86. The summed E-state index contributed by atoms with van der Waals surface area (Å²) in [6, 6.07) is 18.7. The maximum atomic E-state index is 12.7. The van der Waals surface area contributed by atoms with Gasteiger partial charge in [-0.25, -0.2) is 0 Å². The number of aromatic nitrogens is 2. The number of carbonyl (C=O) groups is 1. The maximum Gasteiger partial charge on any atom is 0.240 e. The Kier molecular flexibility index (Phi) is 3.56. The van der Waals surface area contributed by atoms with Gasteiger partial charge in [0.05, 0.1) is 6.04 Å². The van der Waals surface area contributed by atoms with Crippen LogP contribution in [0.15, 0.2) is 60.8 Å². The normalized spacial score (nSPS) is 16.7. The number of benzene rings is 2. The molecular formula is C22H21N3O. The molecule has 0 aliphatic heterocycles. The lowest BCUT2D eigenvalue weighted by Gasteiger charge is -2.24. The first-order chi connectivity index (χ1) is 12.8. The zero-order valence-corrected chi connectivity index (χ0v) is 14.5. The van der Waals surface area contributed by atoms with Crippen molar-refractivity contribution in [2.75, 3.05) is 0 Å². The average Bonchev–Trinajstić information content (AvgIpc) is 3.24. The smallest absolute Gasteiger partial charge is 0.240 e. The lowest BCUT2D eigenvalue weighted by atomic mass is 9.91. The van der Waals surface area contributed by atoms with E-state index in [1.807, 2.05) is 22.9 Å². The van der Waals surface area contributed by atoms with Gasteiger partial charge in [0.1, 0.15) is 6.54 Å². The molecule has 5 rings (SSSR count). The topological polar surface area (TPSA) is 49.8 Å². The van der Waals surface area contributed by atoms with Crippen LogP contribution in [0.1, 0.15) is 30.1 Å². The van der Waals surface area contributed by atoms with Gasteiger partial charge in [-0.2, -0.15) is 0 Å². The first-order valence-electron chi connectivity index (χ1n) is 9.22. The van der Waals surface area contributed by atoms with E-state index in [0.29, 0.717) is 6.54 Å². The average molecular weight is 343 g/mol. The number of nitrogens with one attached hydrogen (secondary N) is 2. The molecule has 0 fully saturated rings. The first kappa shape index (κ1) is 15.3. The third-order valence-electron chi connectivity index (χ3n) is 5.44. The van der Waals surface area contributed by atoms with Crippen LogP contribution in [-0.2, 0) is 17.8 Å². The highest BCUT2D eigenvalue weighted by Crippen LogP contribution is 2.34. The number of amides is 1. The van der Waals surface area contributed by atoms with Crippen molar-refractivity contribution in [3.63, 3.8) is 0 Å². The lowest BCUT2D eigenvalue weighted by Crippen LogP contribution is -2.33. The molecule has 1 atom stereocenters. The number of aryl methyl sites for hydroxylation is 1. The summed E-state index contributed by atoms with van der Waals surface area (Å²) in [7, 11) is 0. The molecule has 0 saturated heterocycles. The number of hydrogen-bond donors (Lipinski definition) is 2. The van der Waals surface area contributed by atoms with E-state index >= 15 is 0 Å². The van der Waals surface area contributed by atoms with Crippen molar-refractivity contribution < 1.29 is 4.79 Å². The minimum Gasteiger partial charge on any atom is -0.356 e. The van der Waals surface area contributed by atoms with Gasteiger partial charge < -0.3 is 14.9 Å². The molecule has 2 N–H and O–H groups in total. The summed E-state index contributed by atoms with van der Waals surface area (Å²) < 4.78 is 2.01. The molecule has 1 aliphatic rings. The highest BCUT2D eigenvalue weighted by Gasteiger charge is 2.25. The molecule has 4 aromatic rings. The number of aromatic amines is 1. The predicted octanol–water partition coefficient (Wildman–Crippen LogP) is 4.32. The fourth-order valence-electron chi connectivity index (χ4n) is 4.23. The Bertz CT molecular complexity index is 1100. The van der Waals surface area contributed by atoms with E-state index in [-0.39, 0.29) is 11.9 Å². The van der Waals surface area contributed by atoms with Crippen molar-refractivity contribution >= 4 is 27.7 Å². The molecule has 26 heavy (non-hydrogen) atoms. The van der Waals surface area contributed by atoms with Gasteiger partial charge in [0.2, 0.25) is 5.91 Å². The fraction of sp³-hybridized carbons (Fsp3) is 0.227. The second-order valence-corrected chi connectivity index (χ2v) is 7.08. The van der Waals surface area contributed by atoms with Gasteiger partial charge in [0.15, 0.2) is 0 Å². The zero-order valence-electron chi connectivity index (χ0n) is 14.5. The minimum absolute atomic E-state index is 0.0582. The van der Waals surface area contributed by atoms with Gasteiger partial charge in [-0.1, -0.05) is 36.4 Å². The Labute approximate surface area is 151 Å². The van der Waals surface area contributed by atoms with Crippen LogP contribution in [0.5, 0.6) is 0 Å². The van der Waals surface area contributed by atoms with E-state index < -0.39 is 0 Å². The number of para-hydroxylation sites is 2. The summed E-state index contributed by atoms with van der Waals surface area (Å²) in [6.45, 7) is 0.347. The number of carbonyl (C=O) groups excluding carboxylic acids is 1. The fourth-order valence-corrected chi connectivity index (χ4v) is 4.23.